The molecule has 2 rings (SSSR count). The number of halogens is 1. The predicted octanol–water partition coefficient (Wildman–Crippen LogP) is 3.60. The van der Waals surface area contributed by atoms with Crippen LogP contribution in [0.3, 0.4) is 0 Å². The molecule has 6 heteroatoms. The summed E-state index contributed by atoms with van der Waals surface area (Å²) < 4.78 is 5.06. The lowest BCUT2D eigenvalue weighted by atomic mass is 10.1. The number of nitrogens with one attached hydrogen (secondary N) is 2. The SMILES string of the molecule is COc1ccc(NC(=O)CNc2cccc(C(C)=O)c2)cc1Cl. The maximum Gasteiger partial charge on any atom is 0.243 e. The largest absolute Gasteiger partial charge is 0.495 e. The third-order valence-corrected chi connectivity index (χ3v) is 3.45. The molecule has 0 heterocycles. The second kappa shape index (κ2) is 7.65. The molecular weight excluding hydrogens is 316 g/mol. The minimum atomic E-state index is -0.223. The number of methoxy groups -OCH3 is 1. The number of ether oxygens (including phenoxy) is 1. The fourth-order valence-corrected chi connectivity index (χ4v) is 2.24. The van der Waals surface area contributed by atoms with Gasteiger partial charge >= 0.3 is 0 Å². The van der Waals surface area contributed by atoms with Gasteiger partial charge in [0.1, 0.15) is 5.75 Å². The summed E-state index contributed by atoms with van der Waals surface area (Å²) in [5.41, 5.74) is 1.89. The zero-order chi connectivity index (χ0) is 16.8. The fourth-order valence-electron chi connectivity index (χ4n) is 1.98. The van der Waals surface area contributed by atoms with Gasteiger partial charge in [0, 0.05) is 16.9 Å². The van der Waals surface area contributed by atoms with E-state index in [1.165, 1.54) is 14.0 Å². The van der Waals surface area contributed by atoms with E-state index in [2.05, 4.69) is 10.6 Å². The number of hydrogen-bond donors (Lipinski definition) is 2. The van der Waals surface area contributed by atoms with Crippen molar-refractivity contribution >= 4 is 34.7 Å². The molecule has 0 unspecified atom stereocenters. The molecule has 0 aromatic heterocycles. The third kappa shape index (κ3) is 4.72. The maximum atomic E-state index is 12.0. The summed E-state index contributed by atoms with van der Waals surface area (Å²) in [6, 6.07) is 12.0. The number of anilines is 2. The van der Waals surface area contributed by atoms with Crippen molar-refractivity contribution in [1.82, 2.24) is 0 Å². The van der Waals surface area contributed by atoms with Crippen molar-refractivity contribution in [2.24, 2.45) is 0 Å². The van der Waals surface area contributed by atoms with Gasteiger partial charge < -0.3 is 15.4 Å². The molecule has 2 aromatic rings. The Bertz CT molecular complexity index is 732. The molecule has 23 heavy (non-hydrogen) atoms. The molecule has 2 N–H and O–H groups in total. The number of rotatable bonds is 6. The van der Waals surface area contributed by atoms with Crippen LogP contribution in [0.5, 0.6) is 5.75 Å². The fraction of sp³-hybridized carbons (Fsp3) is 0.176. The van der Waals surface area contributed by atoms with Crippen molar-refractivity contribution in [3.63, 3.8) is 0 Å². The summed E-state index contributed by atoms with van der Waals surface area (Å²) in [4.78, 5) is 23.3. The van der Waals surface area contributed by atoms with Crippen molar-refractivity contribution < 1.29 is 14.3 Å². The monoisotopic (exact) mass is 332 g/mol. The second-order valence-corrected chi connectivity index (χ2v) is 5.30. The van der Waals surface area contributed by atoms with Crippen molar-refractivity contribution in [2.75, 3.05) is 24.3 Å². The first kappa shape index (κ1) is 16.8. The summed E-state index contributed by atoms with van der Waals surface area (Å²) in [6.07, 6.45) is 0. The summed E-state index contributed by atoms with van der Waals surface area (Å²) >= 11 is 6.01. The third-order valence-electron chi connectivity index (χ3n) is 3.16. The van der Waals surface area contributed by atoms with E-state index in [1.54, 1.807) is 42.5 Å². The Morgan fingerprint density at radius 2 is 1.91 bits per heavy atom. The average Bonchev–Trinajstić information content (AvgIpc) is 2.53. The summed E-state index contributed by atoms with van der Waals surface area (Å²) in [5, 5.41) is 6.13. The normalized spacial score (nSPS) is 10.0. The van der Waals surface area contributed by atoms with Crippen LogP contribution >= 0.6 is 11.6 Å². The van der Waals surface area contributed by atoms with E-state index in [0.717, 1.165) is 0 Å². The summed E-state index contributed by atoms with van der Waals surface area (Å²) in [6.45, 7) is 1.57. The van der Waals surface area contributed by atoms with E-state index in [-0.39, 0.29) is 18.2 Å². The standard InChI is InChI=1S/C17H17ClN2O3/c1-11(21)12-4-3-5-13(8-12)19-10-17(22)20-14-6-7-16(23-2)15(18)9-14/h3-9,19H,10H2,1-2H3,(H,20,22). The molecule has 0 saturated carbocycles. The number of hydrogen-bond acceptors (Lipinski definition) is 4. The van der Waals surface area contributed by atoms with Crippen LogP contribution in [-0.4, -0.2) is 25.3 Å². The van der Waals surface area contributed by atoms with Crippen LogP contribution in [0, 0.1) is 0 Å². The van der Waals surface area contributed by atoms with Crippen LogP contribution in [0.25, 0.3) is 0 Å². The Kier molecular flexibility index (Phi) is 5.60. The highest BCUT2D eigenvalue weighted by atomic mass is 35.5. The molecule has 0 fully saturated rings. The van der Waals surface area contributed by atoms with Gasteiger partial charge in [-0.05, 0) is 37.3 Å². The van der Waals surface area contributed by atoms with Gasteiger partial charge in [0.05, 0.1) is 18.7 Å². The minimum absolute atomic E-state index is 0.0222. The molecule has 0 aliphatic rings. The second-order valence-electron chi connectivity index (χ2n) is 4.89. The molecule has 0 saturated heterocycles. The molecule has 2 aromatic carbocycles. The summed E-state index contributed by atoms with van der Waals surface area (Å²) in [7, 11) is 1.53. The number of Topliss-reactive ketones (excluding diaryl/α,β-unsaturated/α-hetero) is 1. The van der Waals surface area contributed by atoms with Crippen LogP contribution in [0.1, 0.15) is 17.3 Å². The zero-order valence-corrected chi connectivity index (χ0v) is 13.6. The molecule has 0 aliphatic carbocycles. The Labute approximate surface area is 139 Å². The molecule has 0 aliphatic heterocycles. The van der Waals surface area contributed by atoms with Crippen LogP contribution in [-0.2, 0) is 4.79 Å². The van der Waals surface area contributed by atoms with E-state index >= 15 is 0 Å². The molecule has 5 nitrogen and oxygen atoms in total. The van der Waals surface area contributed by atoms with Crippen molar-refractivity contribution in [2.45, 2.75) is 6.92 Å². The quantitative estimate of drug-likeness (QED) is 0.793. The first-order valence-corrected chi connectivity index (χ1v) is 7.35. The van der Waals surface area contributed by atoms with Crippen LogP contribution in [0.4, 0.5) is 11.4 Å². The van der Waals surface area contributed by atoms with Gasteiger partial charge in [-0.25, -0.2) is 0 Å². The molecule has 1 amide bonds. The first-order chi connectivity index (χ1) is 11.0. The molecule has 0 radical (unpaired) electrons. The zero-order valence-electron chi connectivity index (χ0n) is 12.9. The lowest BCUT2D eigenvalue weighted by molar-refractivity contribution is -0.114. The summed E-state index contributed by atoms with van der Waals surface area (Å²) in [5.74, 6) is 0.300. The van der Waals surface area contributed by atoms with Gasteiger partial charge in [0.2, 0.25) is 5.91 Å². The van der Waals surface area contributed by atoms with Crippen molar-refractivity contribution in [3.05, 3.63) is 53.1 Å². The highest BCUT2D eigenvalue weighted by Gasteiger charge is 2.06. The van der Waals surface area contributed by atoms with Crippen molar-refractivity contribution in [3.8, 4) is 5.75 Å². The van der Waals surface area contributed by atoms with Crippen molar-refractivity contribution in [1.29, 1.82) is 0 Å². The molecule has 0 atom stereocenters. The Morgan fingerprint density at radius 3 is 2.57 bits per heavy atom. The van der Waals surface area contributed by atoms with Gasteiger partial charge in [-0.2, -0.15) is 0 Å². The number of ketones is 1. The topological polar surface area (TPSA) is 67.4 Å². The lowest BCUT2D eigenvalue weighted by Crippen LogP contribution is -2.21. The first-order valence-electron chi connectivity index (χ1n) is 6.98. The van der Waals surface area contributed by atoms with Gasteiger partial charge in [-0.3, -0.25) is 9.59 Å². The minimum Gasteiger partial charge on any atom is -0.495 e. The number of carbonyl (C=O) groups excluding carboxylic acids is 2. The van der Waals surface area contributed by atoms with Crippen LogP contribution in [0.2, 0.25) is 5.02 Å². The smallest absolute Gasteiger partial charge is 0.243 e. The Balaban J connectivity index is 1.94. The molecule has 0 bridgehead atoms. The van der Waals surface area contributed by atoms with E-state index in [4.69, 9.17) is 16.3 Å². The highest BCUT2D eigenvalue weighted by molar-refractivity contribution is 6.32. The van der Waals surface area contributed by atoms with Crippen LogP contribution < -0.4 is 15.4 Å². The van der Waals surface area contributed by atoms with E-state index in [0.29, 0.717) is 27.7 Å². The number of benzene rings is 2. The van der Waals surface area contributed by atoms with E-state index in [9.17, 15) is 9.59 Å². The van der Waals surface area contributed by atoms with E-state index < -0.39 is 0 Å². The highest BCUT2D eigenvalue weighted by Crippen LogP contribution is 2.27. The van der Waals surface area contributed by atoms with E-state index in [1.807, 2.05) is 0 Å². The van der Waals surface area contributed by atoms with Gasteiger partial charge in [-0.1, -0.05) is 23.7 Å². The van der Waals surface area contributed by atoms with Gasteiger partial charge in [0.15, 0.2) is 5.78 Å². The molecular formula is C17H17ClN2O3. The average molecular weight is 333 g/mol. The van der Waals surface area contributed by atoms with Gasteiger partial charge in [-0.15, -0.1) is 0 Å². The predicted molar refractivity (Wildman–Crippen MR) is 91.6 cm³/mol. The van der Waals surface area contributed by atoms with Crippen LogP contribution in [0.15, 0.2) is 42.5 Å². The Hall–Kier alpha value is -2.53. The lowest BCUT2D eigenvalue weighted by Gasteiger charge is -2.10. The molecule has 120 valence electrons. The Morgan fingerprint density at radius 1 is 1.13 bits per heavy atom. The number of amides is 1. The number of carbonyl (C=O) groups is 2. The maximum absolute atomic E-state index is 12.0. The van der Waals surface area contributed by atoms with Gasteiger partial charge in [0.25, 0.3) is 0 Å². The molecule has 0 spiro atoms.